The first-order valence-corrected chi connectivity index (χ1v) is 8.78. The lowest BCUT2D eigenvalue weighted by Crippen LogP contribution is -2.57. The van der Waals surface area contributed by atoms with Gasteiger partial charge in [-0.1, -0.05) is 0 Å². The second kappa shape index (κ2) is 6.53. The summed E-state index contributed by atoms with van der Waals surface area (Å²) in [6.45, 7) is 7.50. The minimum Gasteiger partial charge on any atom is -0.422 e. The summed E-state index contributed by atoms with van der Waals surface area (Å²) in [7, 11) is 0. The predicted molar refractivity (Wildman–Crippen MR) is 98.1 cm³/mol. The largest absolute Gasteiger partial charge is 0.422 e. The molecule has 4 heterocycles. The summed E-state index contributed by atoms with van der Waals surface area (Å²) < 4.78 is 5.87. The number of hydrogen-bond acceptors (Lipinski definition) is 8. The smallest absolute Gasteiger partial charge is 0.298 e. The van der Waals surface area contributed by atoms with Gasteiger partial charge in [0.15, 0.2) is 11.4 Å². The molecule has 0 spiro atoms. The molecular weight excluding hydrogens is 332 g/mol. The average Bonchev–Trinajstić information content (AvgIpc) is 3.05. The molecule has 0 amide bonds. The Kier molecular flexibility index (Phi) is 4.20. The zero-order valence-corrected chi connectivity index (χ0v) is 15.1. The van der Waals surface area contributed by atoms with E-state index in [0.29, 0.717) is 17.4 Å². The fraction of sp³-hybridized carbons (Fsp3) is 0.444. The normalized spacial score (nSPS) is 22.0. The predicted octanol–water partition coefficient (Wildman–Crippen LogP) is 2.17. The molecule has 0 aliphatic carbocycles. The van der Waals surface area contributed by atoms with Crippen molar-refractivity contribution in [2.75, 3.05) is 22.9 Å². The quantitative estimate of drug-likeness (QED) is 0.765. The van der Waals surface area contributed by atoms with Crippen molar-refractivity contribution < 1.29 is 9.52 Å². The Balaban J connectivity index is 1.58. The van der Waals surface area contributed by atoms with Crippen LogP contribution in [0.1, 0.15) is 32.7 Å². The van der Waals surface area contributed by atoms with Crippen molar-refractivity contribution in [3.05, 3.63) is 36.5 Å². The van der Waals surface area contributed by atoms with Crippen LogP contribution in [-0.4, -0.2) is 50.2 Å². The number of rotatable bonds is 3. The third kappa shape index (κ3) is 2.96. The molecule has 1 fully saturated rings. The fourth-order valence-corrected chi connectivity index (χ4v) is 3.54. The Hall–Kier alpha value is -2.74. The molecule has 0 radical (unpaired) electrons. The van der Waals surface area contributed by atoms with Gasteiger partial charge in [-0.25, -0.2) is 9.97 Å². The molecule has 0 aromatic carbocycles. The minimum absolute atomic E-state index is 0.198. The molecule has 8 heteroatoms. The molecular formula is C18H22N6O2. The van der Waals surface area contributed by atoms with E-state index in [-0.39, 0.29) is 12.1 Å². The number of piperazine rings is 1. The maximum absolute atomic E-state index is 9.76. The van der Waals surface area contributed by atoms with Gasteiger partial charge in [0.1, 0.15) is 17.4 Å². The molecule has 1 N–H and O–H groups in total. The van der Waals surface area contributed by atoms with E-state index < -0.39 is 6.10 Å². The van der Waals surface area contributed by atoms with E-state index in [1.54, 1.807) is 25.5 Å². The number of aromatic nitrogens is 4. The van der Waals surface area contributed by atoms with Gasteiger partial charge in [0.05, 0.1) is 6.20 Å². The second-order valence-electron chi connectivity index (χ2n) is 6.80. The highest BCUT2D eigenvalue weighted by Crippen LogP contribution is 2.28. The standard InChI is InChI=1S/C18H22N6O2/c1-11-9-23(18-21-14-4-6-19-8-15(14)26-18)10-12(2)24(11)16-5-7-20-17(22-16)13(3)25/h4-8,11-13,25H,9-10H2,1-3H3/t11-,12+,13-/m1/s1. The number of hydrogen-bond donors (Lipinski definition) is 1. The van der Waals surface area contributed by atoms with Crippen LogP contribution in [0.4, 0.5) is 11.8 Å². The first-order chi connectivity index (χ1) is 12.5. The summed E-state index contributed by atoms with van der Waals surface area (Å²) in [6, 6.07) is 4.76. The summed E-state index contributed by atoms with van der Waals surface area (Å²) >= 11 is 0. The van der Waals surface area contributed by atoms with Gasteiger partial charge >= 0.3 is 0 Å². The number of anilines is 2. The number of fused-ring (bicyclic) bond motifs is 1. The van der Waals surface area contributed by atoms with Crippen LogP contribution in [0.3, 0.4) is 0 Å². The molecule has 8 nitrogen and oxygen atoms in total. The van der Waals surface area contributed by atoms with E-state index in [2.05, 4.69) is 43.6 Å². The van der Waals surface area contributed by atoms with Gasteiger partial charge in [-0.05, 0) is 32.9 Å². The number of pyridine rings is 1. The lowest BCUT2D eigenvalue weighted by atomic mass is 10.1. The maximum Gasteiger partial charge on any atom is 0.298 e. The molecule has 0 bridgehead atoms. The molecule has 4 rings (SSSR count). The summed E-state index contributed by atoms with van der Waals surface area (Å²) in [5, 5.41) is 9.76. The van der Waals surface area contributed by atoms with Crippen LogP contribution in [0.15, 0.2) is 35.1 Å². The average molecular weight is 354 g/mol. The molecule has 1 aliphatic heterocycles. The van der Waals surface area contributed by atoms with Gasteiger partial charge in [0.25, 0.3) is 6.01 Å². The molecule has 0 saturated carbocycles. The van der Waals surface area contributed by atoms with Crippen LogP contribution >= 0.6 is 0 Å². The number of nitrogens with zero attached hydrogens (tertiary/aromatic N) is 6. The third-order valence-electron chi connectivity index (χ3n) is 4.67. The van der Waals surface area contributed by atoms with Crippen LogP contribution in [0.25, 0.3) is 11.1 Å². The maximum atomic E-state index is 9.76. The number of aliphatic hydroxyl groups is 1. The van der Waals surface area contributed by atoms with Crippen LogP contribution in [-0.2, 0) is 0 Å². The Morgan fingerprint density at radius 3 is 2.62 bits per heavy atom. The first-order valence-electron chi connectivity index (χ1n) is 8.78. The van der Waals surface area contributed by atoms with Gasteiger partial charge in [0, 0.05) is 37.6 Å². The van der Waals surface area contributed by atoms with Crippen LogP contribution in [0.2, 0.25) is 0 Å². The molecule has 3 atom stereocenters. The van der Waals surface area contributed by atoms with Gasteiger partial charge < -0.3 is 19.3 Å². The molecule has 1 aliphatic rings. The number of oxazole rings is 1. The van der Waals surface area contributed by atoms with E-state index in [0.717, 1.165) is 24.4 Å². The minimum atomic E-state index is -0.685. The molecule has 136 valence electrons. The van der Waals surface area contributed by atoms with Crippen molar-refractivity contribution in [2.45, 2.75) is 39.0 Å². The van der Waals surface area contributed by atoms with Crippen molar-refractivity contribution in [2.24, 2.45) is 0 Å². The van der Waals surface area contributed by atoms with Crippen LogP contribution in [0, 0.1) is 0 Å². The highest BCUT2D eigenvalue weighted by molar-refractivity contribution is 5.73. The van der Waals surface area contributed by atoms with E-state index in [1.165, 1.54) is 0 Å². The van der Waals surface area contributed by atoms with Crippen LogP contribution < -0.4 is 9.80 Å². The highest BCUT2D eigenvalue weighted by Gasteiger charge is 2.32. The molecule has 3 aromatic heterocycles. The fourth-order valence-electron chi connectivity index (χ4n) is 3.54. The second-order valence-corrected chi connectivity index (χ2v) is 6.80. The summed E-state index contributed by atoms with van der Waals surface area (Å²) in [4.78, 5) is 21.7. The van der Waals surface area contributed by atoms with Crippen molar-refractivity contribution in [3.8, 4) is 0 Å². The lowest BCUT2D eigenvalue weighted by Gasteiger charge is -2.44. The molecule has 3 aromatic rings. The Labute approximate surface area is 151 Å². The highest BCUT2D eigenvalue weighted by atomic mass is 16.4. The van der Waals surface area contributed by atoms with Gasteiger partial charge in [-0.2, -0.15) is 4.98 Å². The Morgan fingerprint density at radius 1 is 1.15 bits per heavy atom. The monoisotopic (exact) mass is 354 g/mol. The Morgan fingerprint density at radius 2 is 1.92 bits per heavy atom. The van der Waals surface area contributed by atoms with Crippen molar-refractivity contribution in [1.82, 2.24) is 19.9 Å². The van der Waals surface area contributed by atoms with Gasteiger partial charge in [0.2, 0.25) is 0 Å². The van der Waals surface area contributed by atoms with Crippen molar-refractivity contribution >= 4 is 22.9 Å². The first kappa shape index (κ1) is 16.7. The Bertz CT molecular complexity index is 866. The SMILES string of the molecule is C[C@@H]1CN(c2nc3ccncc3o2)C[C@H](C)N1c1ccnc([C@@H](C)O)n1. The summed E-state index contributed by atoms with van der Waals surface area (Å²) in [5.41, 5.74) is 1.51. The van der Waals surface area contributed by atoms with E-state index in [4.69, 9.17) is 4.42 Å². The van der Waals surface area contributed by atoms with Crippen molar-refractivity contribution in [1.29, 1.82) is 0 Å². The zero-order chi connectivity index (χ0) is 18.3. The van der Waals surface area contributed by atoms with Crippen LogP contribution in [0.5, 0.6) is 0 Å². The third-order valence-corrected chi connectivity index (χ3v) is 4.67. The van der Waals surface area contributed by atoms with Gasteiger partial charge in [-0.3, -0.25) is 4.98 Å². The van der Waals surface area contributed by atoms with Crippen molar-refractivity contribution in [3.63, 3.8) is 0 Å². The lowest BCUT2D eigenvalue weighted by molar-refractivity contribution is 0.189. The topological polar surface area (TPSA) is 91.4 Å². The summed E-state index contributed by atoms with van der Waals surface area (Å²) in [5.74, 6) is 1.27. The van der Waals surface area contributed by atoms with Gasteiger partial charge in [-0.15, -0.1) is 0 Å². The summed E-state index contributed by atoms with van der Waals surface area (Å²) in [6.07, 6.45) is 4.42. The number of aliphatic hydroxyl groups excluding tert-OH is 1. The molecule has 26 heavy (non-hydrogen) atoms. The van der Waals surface area contributed by atoms with E-state index >= 15 is 0 Å². The zero-order valence-electron chi connectivity index (χ0n) is 15.1. The molecule has 1 saturated heterocycles. The molecule has 0 unspecified atom stereocenters. The van der Waals surface area contributed by atoms with E-state index in [9.17, 15) is 5.11 Å². The van der Waals surface area contributed by atoms with E-state index in [1.807, 2.05) is 12.1 Å².